The van der Waals surface area contributed by atoms with Crippen molar-refractivity contribution in [2.24, 2.45) is 5.92 Å². The first-order chi connectivity index (χ1) is 9.10. The van der Waals surface area contributed by atoms with Crippen LogP contribution in [0.15, 0.2) is 10.6 Å². The van der Waals surface area contributed by atoms with Crippen LogP contribution in [0.25, 0.3) is 0 Å². The Labute approximate surface area is 115 Å². The Bertz CT molecular complexity index is 381. The van der Waals surface area contributed by atoms with E-state index in [1.54, 1.807) is 6.20 Å². The van der Waals surface area contributed by atoms with Gasteiger partial charge in [0.1, 0.15) is 5.76 Å². The minimum Gasteiger partial charge on any atom is -0.445 e. The number of piperidine rings is 1. The molecule has 4 nitrogen and oxygen atoms in total. The van der Waals surface area contributed by atoms with Crippen LogP contribution in [-0.4, -0.2) is 40.7 Å². The lowest BCUT2D eigenvalue weighted by atomic mass is 9.93. The molecule has 4 heteroatoms. The molecule has 2 heterocycles. The van der Waals surface area contributed by atoms with E-state index in [-0.39, 0.29) is 12.5 Å². The number of hydrogen-bond donors (Lipinski definition) is 1. The van der Waals surface area contributed by atoms with Gasteiger partial charge in [-0.3, -0.25) is 0 Å². The number of oxazole rings is 1. The molecule has 108 valence electrons. The molecule has 0 bridgehead atoms. The zero-order chi connectivity index (χ0) is 13.8. The fraction of sp³-hybridized carbons (Fsp3) is 0.800. The molecule has 1 aliphatic rings. The van der Waals surface area contributed by atoms with Gasteiger partial charge in [0, 0.05) is 18.4 Å². The molecule has 2 rings (SSSR count). The van der Waals surface area contributed by atoms with Gasteiger partial charge in [0.2, 0.25) is 0 Å². The molecular weight excluding hydrogens is 240 g/mol. The number of aliphatic hydroxyl groups excluding tert-OH is 1. The summed E-state index contributed by atoms with van der Waals surface area (Å²) in [5.41, 5.74) is 0. The van der Waals surface area contributed by atoms with Crippen molar-refractivity contribution < 1.29 is 9.52 Å². The first kappa shape index (κ1) is 14.5. The molecule has 0 radical (unpaired) electrons. The van der Waals surface area contributed by atoms with Crippen molar-refractivity contribution in [1.29, 1.82) is 0 Å². The van der Waals surface area contributed by atoms with Crippen LogP contribution < -0.4 is 0 Å². The normalized spacial score (nSPS) is 20.1. The van der Waals surface area contributed by atoms with E-state index in [9.17, 15) is 0 Å². The second-order valence-corrected chi connectivity index (χ2v) is 6.02. The summed E-state index contributed by atoms with van der Waals surface area (Å²) in [4.78, 5) is 6.88. The smallest absolute Gasteiger partial charge is 0.194 e. The predicted octanol–water partition coefficient (Wildman–Crippen LogP) is 2.43. The first-order valence-electron chi connectivity index (χ1n) is 7.39. The Morgan fingerprint density at radius 3 is 2.63 bits per heavy atom. The van der Waals surface area contributed by atoms with Crippen LogP contribution >= 0.6 is 0 Å². The number of rotatable bonds is 5. The molecule has 1 aromatic heterocycles. The molecule has 0 aromatic carbocycles. The maximum absolute atomic E-state index is 9.11. The van der Waals surface area contributed by atoms with Crippen molar-refractivity contribution in [3.63, 3.8) is 0 Å². The van der Waals surface area contributed by atoms with E-state index in [0.717, 1.165) is 18.1 Å². The Kier molecular flexibility index (Phi) is 4.99. The lowest BCUT2D eigenvalue weighted by Gasteiger charge is -2.34. The van der Waals surface area contributed by atoms with E-state index >= 15 is 0 Å². The number of aromatic nitrogens is 1. The van der Waals surface area contributed by atoms with E-state index in [1.165, 1.54) is 25.9 Å². The van der Waals surface area contributed by atoms with Gasteiger partial charge in [-0.25, -0.2) is 4.98 Å². The Morgan fingerprint density at radius 2 is 2.05 bits per heavy atom. The third kappa shape index (κ3) is 3.80. The molecule has 1 saturated heterocycles. The highest BCUT2D eigenvalue weighted by Crippen LogP contribution is 2.24. The van der Waals surface area contributed by atoms with Crippen molar-refractivity contribution in [2.75, 3.05) is 19.7 Å². The molecule has 0 saturated carbocycles. The Balaban J connectivity index is 1.84. The summed E-state index contributed by atoms with van der Waals surface area (Å²) < 4.78 is 5.73. The van der Waals surface area contributed by atoms with E-state index in [2.05, 4.69) is 23.7 Å². The molecule has 1 unspecified atom stereocenters. The molecule has 0 aliphatic carbocycles. The molecular formula is C15H26N2O2. The second kappa shape index (κ2) is 6.53. The summed E-state index contributed by atoms with van der Waals surface area (Å²) in [6.45, 7) is 8.95. The summed E-state index contributed by atoms with van der Waals surface area (Å²) in [5, 5.41) is 9.11. The lowest BCUT2D eigenvalue weighted by Crippen LogP contribution is -2.38. The first-order valence-corrected chi connectivity index (χ1v) is 7.39. The fourth-order valence-electron chi connectivity index (χ4n) is 2.66. The highest BCUT2D eigenvalue weighted by molar-refractivity contribution is 5.01. The van der Waals surface area contributed by atoms with E-state index in [4.69, 9.17) is 9.52 Å². The van der Waals surface area contributed by atoms with Crippen LogP contribution in [0.1, 0.15) is 51.2 Å². The summed E-state index contributed by atoms with van der Waals surface area (Å²) in [6.07, 6.45) is 5.15. The zero-order valence-corrected chi connectivity index (χ0v) is 12.3. The van der Waals surface area contributed by atoms with Crippen molar-refractivity contribution in [3.05, 3.63) is 17.8 Å². The molecule has 19 heavy (non-hydrogen) atoms. The van der Waals surface area contributed by atoms with E-state index in [1.807, 2.05) is 6.92 Å². The number of aliphatic hydroxyl groups is 1. The van der Waals surface area contributed by atoms with Crippen molar-refractivity contribution in [3.8, 4) is 0 Å². The average molecular weight is 266 g/mol. The average Bonchev–Trinajstić information content (AvgIpc) is 2.87. The second-order valence-electron chi connectivity index (χ2n) is 6.02. The largest absolute Gasteiger partial charge is 0.445 e. The van der Waals surface area contributed by atoms with Crippen LogP contribution in [0.5, 0.6) is 0 Å². The molecule has 0 spiro atoms. The summed E-state index contributed by atoms with van der Waals surface area (Å²) >= 11 is 0. The van der Waals surface area contributed by atoms with Gasteiger partial charge >= 0.3 is 0 Å². The fourth-order valence-corrected chi connectivity index (χ4v) is 2.66. The van der Waals surface area contributed by atoms with Gasteiger partial charge < -0.3 is 14.4 Å². The van der Waals surface area contributed by atoms with Gasteiger partial charge in [-0.05, 0) is 45.7 Å². The predicted molar refractivity (Wildman–Crippen MR) is 75.1 cm³/mol. The molecule has 1 atom stereocenters. The van der Waals surface area contributed by atoms with Crippen molar-refractivity contribution in [2.45, 2.75) is 52.0 Å². The van der Waals surface area contributed by atoms with Crippen LogP contribution in [0.4, 0.5) is 0 Å². The zero-order valence-electron chi connectivity index (χ0n) is 12.3. The topological polar surface area (TPSA) is 49.5 Å². The van der Waals surface area contributed by atoms with Gasteiger partial charge in [-0.15, -0.1) is 0 Å². The standard InChI is InChI=1S/C15H26N2O2/c1-11(2)17-6-4-13(5-7-17)8-15-16-9-14(19-15)12(3)10-18/h9,11-13,18H,4-8,10H2,1-3H3. The molecule has 1 aliphatic heterocycles. The SMILES string of the molecule is CC(CO)c1cnc(CC2CCN(C(C)C)CC2)o1. The Morgan fingerprint density at radius 1 is 1.37 bits per heavy atom. The minimum absolute atomic E-state index is 0.0454. The monoisotopic (exact) mass is 266 g/mol. The van der Waals surface area contributed by atoms with Crippen LogP contribution in [0.3, 0.4) is 0 Å². The van der Waals surface area contributed by atoms with Crippen LogP contribution in [0.2, 0.25) is 0 Å². The molecule has 1 N–H and O–H groups in total. The van der Waals surface area contributed by atoms with E-state index < -0.39 is 0 Å². The van der Waals surface area contributed by atoms with Crippen molar-refractivity contribution in [1.82, 2.24) is 9.88 Å². The third-order valence-electron chi connectivity index (χ3n) is 4.17. The highest BCUT2D eigenvalue weighted by Gasteiger charge is 2.22. The lowest BCUT2D eigenvalue weighted by molar-refractivity contribution is 0.146. The minimum atomic E-state index is 0.0454. The summed E-state index contributed by atoms with van der Waals surface area (Å²) in [7, 11) is 0. The van der Waals surface area contributed by atoms with Crippen LogP contribution in [0, 0.1) is 5.92 Å². The van der Waals surface area contributed by atoms with Gasteiger partial charge in [0.15, 0.2) is 5.89 Å². The van der Waals surface area contributed by atoms with Crippen molar-refractivity contribution >= 4 is 0 Å². The van der Waals surface area contributed by atoms with Gasteiger partial charge in [0.25, 0.3) is 0 Å². The third-order valence-corrected chi connectivity index (χ3v) is 4.17. The van der Waals surface area contributed by atoms with Crippen LogP contribution in [-0.2, 0) is 6.42 Å². The van der Waals surface area contributed by atoms with Gasteiger partial charge in [0.05, 0.1) is 12.8 Å². The number of hydrogen-bond acceptors (Lipinski definition) is 4. The van der Waals surface area contributed by atoms with Gasteiger partial charge in [-0.1, -0.05) is 6.92 Å². The Hall–Kier alpha value is -0.870. The molecule has 0 amide bonds. The van der Waals surface area contributed by atoms with Gasteiger partial charge in [-0.2, -0.15) is 0 Å². The quantitative estimate of drug-likeness (QED) is 0.889. The van der Waals surface area contributed by atoms with E-state index in [0.29, 0.717) is 12.0 Å². The number of nitrogens with zero attached hydrogens (tertiary/aromatic N) is 2. The molecule has 1 fully saturated rings. The summed E-state index contributed by atoms with van der Waals surface area (Å²) in [5.74, 6) is 2.37. The number of likely N-dealkylation sites (tertiary alicyclic amines) is 1. The summed E-state index contributed by atoms with van der Waals surface area (Å²) in [6, 6.07) is 0.652. The molecule has 1 aromatic rings. The maximum atomic E-state index is 9.11. The maximum Gasteiger partial charge on any atom is 0.194 e. The highest BCUT2D eigenvalue weighted by atomic mass is 16.4.